The van der Waals surface area contributed by atoms with Gasteiger partial charge in [0.05, 0.1) is 11.2 Å². The van der Waals surface area contributed by atoms with Gasteiger partial charge in [-0.1, -0.05) is 98.8 Å². The number of hydrogen-bond acceptors (Lipinski definition) is 3. The van der Waals surface area contributed by atoms with E-state index in [1.807, 2.05) is 0 Å². The molecular formula is C39H38BNO2. The lowest BCUT2D eigenvalue weighted by molar-refractivity contribution is 0.00578. The van der Waals surface area contributed by atoms with E-state index in [9.17, 15) is 0 Å². The van der Waals surface area contributed by atoms with E-state index in [-0.39, 0.29) is 16.6 Å². The van der Waals surface area contributed by atoms with Crippen LogP contribution in [0, 0.1) is 0 Å². The van der Waals surface area contributed by atoms with Crippen molar-refractivity contribution in [2.24, 2.45) is 0 Å². The van der Waals surface area contributed by atoms with Crippen LogP contribution in [0.3, 0.4) is 0 Å². The van der Waals surface area contributed by atoms with Crippen molar-refractivity contribution in [3.8, 4) is 22.3 Å². The fourth-order valence-electron chi connectivity index (χ4n) is 6.49. The van der Waals surface area contributed by atoms with Gasteiger partial charge < -0.3 is 14.2 Å². The first-order valence-corrected chi connectivity index (χ1v) is 15.2. The maximum Gasteiger partial charge on any atom is 0.494 e. The first kappa shape index (κ1) is 27.7. The van der Waals surface area contributed by atoms with Gasteiger partial charge in [-0.3, -0.25) is 0 Å². The van der Waals surface area contributed by atoms with Gasteiger partial charge in [-0.2, -0.15) is 0 Å². The Hall–Kier alpha value is -4.12. The van der Waals surface area contributed by atoms with Crippen LogP contribution in [0.2, 0.25) is 0 Å². The summed E-state index contributed by atoms with van der Waals surface area (Å²) in [4.78, 5) is 2.36. The normalized spacial score (nSPS) is 17.4. The summed E-state index contributed by atoms with van der Waals surface area (Å²) in [6.07, 6.45) is 0. The van der Waals surface area contributed by atoms with Gasteiger partial charge in [-0.15, -0.1) is 0 Å². The molecule has 0 saturated carbocycles. The van der Waals surface area contributed by atoms with Gasteiger partial charge in [0.25, 0.3) is 0 Å². The van der Waals surface area contributed by atoms with Crippen molar-refractivity contribution in [3.63, 3.8) is 0 Å². The molecule has 0 amide bonds. The summed E-state index contributed by atoms with van der Waals surface area (Å²) in [6, 6.07) is 43.8. The molecule has 0 atom stereocenters. The van der Waals surface area contributed by atoms with E-state index in [1.54, 1.807) is 0 Å². The predicted molar refractivity (Wildman–Crippen MR) is 180 cm³/mol. The van der Waals surface area contributed by atoms with Gasteiger partial charge in [-0.25, -0.2) is 0 Å². The Bertz CT molecular complexity index is 1790. The van der Waals surface area contributed by atoms with Crippen LogP contribution in [0.1, 0.15) is 52.7 Å². The quantitative estimate of drug-likeness (QED) is 0.199. The highest BCUT2D eigenvalue weighted by Gasteiger charge is 2.51. The second-order valence-electron chi connectivity index (χ2n) is 13.3. The third kappa shape index (κ3) is 4.61. The minimum absolute atomic E-state index is 0.0832. The van der Waals surface area contributed by atoms with E-state index in [4.69, 9.17) is 9.31 Å². The lowest BCUT2D eigenvalue weighted by atomic mass is 9.79. The van der Waals surface area contributed by atoms with Crippen molar-refractivity contribution in [2.75, 3.05) is 4.90 Å². The molecule has 5 aromatic rings. The SMILES string of the molecule is CC1(C)c2ccccc2-c2ccc(N(c3ccc(B4OC(C)(C)C(C)(C)O4)cc3)c3cccc(-c4ccccc4)c3)cc21. The maximum atomic E-state index is 6.35. The van der Waals surface area contributed by atoms with Crippen LogP contribution in [0.4, 0.5) is 17.1 Å². The van der Waals surface area contributed by atoms with E-state index in [2.05, 4.69) is 168 Å². The molecule has 5 aromatic carbocycles. The van der Waals surface area contributed by atoms with Crippen LogP contribution in [-0.4, -0.2) is 18.3 Å². The molecule has 1 fully saturated rings. The fraction of sp³-hybridized carbons (Fsp3) is 0.231. The van der Waals surface area contributed by atoms with Crippen LogP contribution in [0.15, 0.2) is 121 Å². The van der Waals surface area contributed by atoms with Gasteiger partial charge >= 0.3 is 7.12 Å². The molecule has 0 aromatic heterocycles. The molecule has 7 rings (SSSR count). The number of anilines is 3. The number of benzene rings is 5. The van der Waals surface area contributed by atoms with Gasteiger partial charge in [0, 0.05) is 22.5 Å². The Morgan fingerprint density at radius 2 is 1.07 bits per heavy atom. The summed E-state index contributed by atoms with van der Waals surface area (Å²) in [6.45, 7) is 13.0. The summed E-state index contributed by atoms with van der Waals surface area (Å²) in [5.74, 6) is 0. The van der Waals surface area contributed by atoms with Crippen LogP contribution in [0.25, 0.3) is 22.3 Å². The summed E-state index contributed by atoms with van der Waals surface area (Å²) in [7, 11) is -0.395. The number of hydrogen-bond donors (Lipinski definition) is 0. The Morgan fingerprint density at radius 3 is 1.79 bits per heavy atom. The zero-order valence-corrected chi connectivity index (χ0v) is 25.9. The minimum Gasteiger partial charge on any atom is -0.399 e. The molecule has 43 heavy (non-hydrogen) atoms. The summed E-state index contributed by atoms with van der Waals surface area (Å²) in [5, 5.41) is 0. The first-order chi connectivity index (χ1) is 20.5. The molecule has 0 unspecified atom stereocenters. The van der Waals surface area contributed by atoms with Crippen molar-refractivity contribution >= 4 is 29.6 Å². The van der Waals surface area contributed by atoms with Crippen molar-refractivity contribution in [3.05, 3.63) is 132 Å². The average molecular weight is 564 g/mol. The molecule has 2 aliphatic rings. The molecule has 1 aliphatic heterocycles. The van der Waals surface area contributed by atoms with E-state index < -0.39 is 7.12 Å². The molecule has 1 heterocycles. The smallest absolute Gasteiger partial charge is 0.399 e. The van der Waals surface area contributed by atoms with Crippen LogP contribution in [0.5, 0.6) is 0 Å². The highest BCUT2D eigenvalue weighted by Crippen LogP contribution is 2.50. The second kappa shape index (κ2) is 9.97. The van der Waals surface area contributed by atoms with Crippen LogP contribution in [-0.2, 0) is 14.7 Å². The average Bonchev–Trinajstić information content (AvgIpc) is 3.38. The van der Waals surface area contributed by atoms with Crippen molar-refractivity contribution in [2.45, 2.75) is 58.2 Å². The highest BCUT2D eigenvalue weighted by molar-refractivity contribution is 6.62. The molecule has 0 bridgehead atoms. The van der Waals surface area contributed by atoms with Gasteiger partial charge in [0.1, 0.15) is 0 Å². The molecule has 4 heteroatoms. The molecule has 0 N–H and O–H groups in total. The van der Waals surface area contributed by atoms with E-state index in [0.29, 0.717) is 0 Å². The minimum atomic E-state index is -0.395. The van der Waals surface area contributed by atoms with Crippen LogP contribution >= 0.6 is 0 Å². The summed E-state index contributed by atoms with van der Waals surface area (Å²) in [5.41, 5.74) is 11.3. The highest BCUT2D eigenvalue weighted by atomic mass is 16.7. The molecule has 1 saturated heterocycles. The maximum absolute atomic E-state index is 6.35. The zero-order valence-electron chi connectivity index (χ0n) is 25.9. The van der Waals surface area contributed by atoms with Crippen LogP contribution < -0.4 is 10.4 Å². The van der Waals surface area contributed by atoms with Crippen molar-refractivity contribution < 1.29 is 9.31 Å². The number of rotatable bonds is 5. The first-order valence-electron chi connectivity index (χ1n) is 15.2. The summed E-state index contributed by atoms with van der Waals surface area (Å²) < 4.78 is 12.7. The standard InChI is InChI=1S/C39H38BNO2/c1-37(2)35-18-11-10-17-33(35)34-24-23-32(26-36(34)37)41(31-16-12-15-28(25-31)27-13-8-7-9-14-27)30-21-19-29(20-22-30)40-42-38(3,4)39(5,6)43-40/h7-26H,1-6H3. The summed E-state index contributed by atoms with van der Waals surface area (Å²) >= 11 is 0. The monoisotopic (exact) mass is 563 g/mol. The van der Waals surface area contributed by atoms with E-state index in [1.165, 1.54) is 33.4 Å². The lowest BCUT2D eigenvalue weighted by Crippen LogP contribution is -2.41. The topological polar surface area (TPSA) is 21.7 Å². The van der Waals surface area contributed by atoms with Gasteiger partial charge in [-0.05, 0) is 103 Å². The van der Waals surface area contributed by atoms with E-state index >= 15 is 0 Å². The third-order valence-corrected chi connectivity index (χ3v) is 9.71. The molecule has 0 spiro atoms. The van der Waals surface area contributed by atoms with Crippen molar-refractivity contribution in [1.82, 2.24) is 0 Å². The second-order valence-corrected chi connectivity index (χ2v) is 13.3. The number of fused-ring (bicyclic) bond motifs is 3. The predicted octanol–water partition coefficient (Wildman–Crippen LogP) is 9.43. The number of nitrogens with zero attached hydrogens (tertiary/aromatic N) is 1. The van der Waals surface area contributed by atoms with Gasteiger partial charge in [0.2, 0.25) is 0 Å². The zero-order chi connectivity index (χ0) is 30.0. The molecule has 1 aliphatic carbocycles. The van der Waals surface area contributed by atoms with Gasteiger partial charge in [0.15, 0.2) is 0 Å². The fourth-order valence-corrected chi connectivity index (χ4v) is 6.49. The third-order valence-electron chi connectivity index (χ3n) is 9.71. The van der Waals surface area contributed by atoms with Crippen molar-refractivity contribution in [1.29, 1.82) is 0 Å². The molecular weight excluding hydrogens is 525 g/mol. The lowest BCUT2D eigenvalue weighted by Gasteiger charge is -2.32. The largest absolute Gasteiger partial charge is 0.494 e. The Morgan fingerprint density at radius 1 is 0.488 bits per heavy atom. The Labute approximate surface area is 256 Å². The molecule has 0 radical (unpaired) electrons. The molecule has 3 nitrogen and oxygen atoms in total. The Kier molecular flexibility index (Phi) is 6.43. The molecule has 214 valence electrons. The van der Waals surface area contributed by atoms with E-state index in [0.717, 1.165) is 22.5 Å². The Balaban J connectivity index is 1.33.